The molecule has 0 radical (unpaired) electrons. The third-order valence-corrected chi connectivity index (χ3v) is 4.81. The molecule has 0 bridgehead atoms. The Hall–Kier alpha value is -2.56. The Morgan fingerprint density at radius 3 is 2.50 bits per heavy atom. The molecular formula is C21H25NO4. The molecule has 3 rings (SSSR count). The SMILES string of the molecule is CC(C)(C)OC(=O)N1CCC[C@@]1(Cc1ccc2ccccc2c1)C(=O)O. The predicted molar refractivity (Wildman–Crippen MR) is 100 cm³/mol. The summed E-state index contributed by atoms with van der Waals surface area (Å²) < 4.78 is 5.46. The Labute approximate surface area is 153 Å². The molecule has 0 unspecified atom stereocenters. The summed E-state index contributed by atoms with van der Waals surface area (Å²) in [5, 5.41) is 12.2. The zero-order valence-corrected chi connectivity index (χ0v) is 15.5. The van der Waals surface area contributed by atoms with Crippen LogP contribution in [0.4, 0.5) is 4.79 Å². The van der Waals surface area contributed by atoms with Gasteiger partial charge in [0, 0.05) is 13.0 Å². The topological polar surface area (TPSA) is 66.8 Å². The number of hydrogen-bond acceptors (Lipinski definition) is 3. The summed E-state index contributed by atoms with van der Waals surface area (Å²) in [7, 11) is 0. The number of aliphatic carboxylic acids is 1. The highest BCUT2D eigenvalue weighted by Crippen LogP contribution is 2.35. The van der Waals surface area contributed by atoms with E-state index >= 15 is 0 Å². The molecule has 1 aliphatic heterocycles. The minimum Gasteiger partial charge on any atom is -0.479 e. The van der Waals surface area contributed by atoms with Crippen molar-refractivity contribution >= 4 is 22.8 Å². The van der Waals surface area contributed by atoms with Crippen molar-refractivity contribution in [2.24, 2.45) is 0 Å². The van der Waals surface area contributed by atoms with Crippen LogP contribution in [0.25, 0.3) is 10.8 Å². The number of carbonyl (C=O) groups excluding carboxylic acids is 1. The van der Waals surface area contributed by atoms with Gasteiger partial charge in [-0.25, -0.2) is 9.59 Å². The van der Waals surface area contributed by atoms with Gasteiger partial charge in [0.25, 0.3) is 0 Å². The maximum absolute atomic E-state index is 12.6. The van der Waals surface area contributed by atoms with E-state index in [9.17, 15) is 14.7 Å². The molecule has 1 saturated heterocycles. The lowest BCUT2D eigenvalue weighted by Gasteiger charge is -2.36. The molecule has 138 valence electrons. The molecule has 1 fully saturated rings. The highest BCUT2D eigenvalue weighted by atomic mass is 16.6. The van der Waals surface area contributed by atoms with E-state index in [2.05, 4.69) is 0 Å². The zero-order chi connectivity index (χ0) is 18.9. The highest BCUT2D eigenvalue weighted by Gasteiger charge is 2.51. The van der Waals surface area contributed by atoms with E-state index in [0.717, 1.165) is 16.3 Å². The summed E-state index contributed by atoms with van der Waals surface area (Å²) in [6, 6.07) is 13.9. The second kappa shape index (κ2) is 6.63. The van der Waals surface area contributed by atoms with E-state index < -0.39 is 23.2 Å². The zero-order valence-electron chi connectivity index (χ0n) is 15.5. The number of rotatable bonds is 3. The van der Waals surface area contributed by atoms with Gasteiger partial charge in [0.15, 0.2) is 0 Å². The van der Waals surface area contributed by atoms with Crippen molar-refractivity contribution in [1.29, 1.82) is 0 Å². The van der Waals surface area contributed by atoms with Crippen molar-refractivity contribution in [2.75, 3.05) is 6.54 Å². The molecule has 1 amide bonds. The molecule has 2 aromatic carbocycles. The third-order valence-electron chi connectivity index (χ3n) is 4.81. The maximum atomic E-state index is 12.6. The fourth-order valence-corrected chi connectivity index (χ4v) is 3.63. The minimum atomic E-state index is -1.26. The van der Waals surface area contributed by atoms with Crippen LogP contribution in [0.15, 0.2) is 42.5 Å². The predicted octanol–water partition coefficient (Wildman–Crippen LogP) is 4.24. The average molecular weight is 355 g/mol. The number of carboxylic acid groups (broad SMARTS) is 1. The molecule has 26 heavy (non-hydrogen) atoms. The molecule has 5 heteroatoms. The van der Waals surface area contributed by atoms with Crippen molar-refractivity contribution < 1.29 is 19.4 Å². The molecule has 1 N–H and O–H groups in total. The summed E-state index contributed by atoms with van der Waals surface area (Å²) in [6.45, 7) is 5.75. The standard InChI is InChI=1S/C21H25NO4/c1-20(2,3)26-19(25)22-12-6-11-21(22,18(23)24)14-15-9-10-16-7-4-5-8-17(16)13-15/h4-5,7-10,13H,6,11-12,14H2,1-3H3,(H,23,24)/t21-/m1/s1. The fraction of sp³-hybridized carbons (Fsp3) is 0.429. The van der Waals surface area contributed by atoms with Gasteiger partial charge in [0.05, 0.1) is 0 Å². The molecule has 2 aromatic rings. The number of nitrogens with zero attached hydrogens (tertiary/aromatic N) is 1. The van der Waals surface area contributed by atoms with Crippen molar-refractivity contribution in [2.45, 2.75) is 51.2 Å². The Bertz CT molecular complexity index is 839. The van der Waals surface area contributed by atoms with E-state index in [4.69, 9.17) is 4.74 Å². The lowest BCUT2D eigenvalue weighted by Crippen LogP contribution is -2.55. The summed E-state index contributed by atoms with van der Waals surface area (Å²) in [6.07, 6.45) is 0.790. The van der Waals surface area contributed by atoms with Crippen LogP contribution in [0.5, 0.6) is 0 Å². The smallest absolute Gasteiger partial charge is 0.411 e. The first kappa shape index (κ1) is 18.2. The lowest BCUT2D eigenvalue weighted by atomic mass is 9.87. The van der Waals surface area contributed by atoms with Crippen LogP contribution in [0.3, 0.4) is 0 Å². The van der Waals surface area contributed by atoms with Gasteiger partial charge >= 0.3 is 12.1 Å². The maximum Gasteiger partial charge on any atom is 0.411 e. The van der Waals surface area contributed by atoms with Crippen molar-refractivity contribution in [3.8, 4) is 0 Å². The van der Waals surface area contributed by atoms with Crippen LogP contribution in [0.2, 0.25) is 0 Å². The number of benzene rings is 2. The summed E-state index contributed by atoms with van der Waals surface area (Å²) in [4.78, 5) is 26.2. The van der Waals surface area contributed by atoms with Crippen LogP contribution in [-0.2, 0) is 16.0 Å². The summed E-state index contributed by atoms with van der Waals surface area (Å²) >= 11 is 0. The van der Waals surface area contributed by atoms with E-state index in [1.165, 1.54) is 4.90 Å². The largest absolute Gasteiger partial charge is 0.479 e. The highest BCUT2D eigenvalue weighted by molar-refractivity contribution is 5.87. The van der Waals surface area contributed by atoms with E-state index in [1.54, 1.807) is 20.8 Å². The van der Waals surface area contributed by atoms with Crippen LogP contribution < -0.4 is 0 Å². The second-order valence-electron chi connectivity index (χ2n) is 7.93. The first-order valence-corrected chi connectivity index (χ1v) is 8.93. The third kappa shape index (κ3) is 3.52. The number of fused-ring (bicyclic) bond motifs is 1. The van der Waals surface area contributed by atoms with Gasteiger partial charge < -0.3 is 9.84 Å². The summed E-state index contributed by atoms with van der Waals surface area (Å²) in [5.41, 5.74) is -1.01. The Balaban J connectivity index is 1.93. The van der Waals surface area contributed by atoms with Gasteiger partial charge in [-0.2, -0.15) is 0 Å². The Morgan fingerprint density at radius 1 is 1.15 bits per heavy atom. The Morgan fingerprint density at radius 2 is 1.85 bits per heavy atom. The number of carboxylic acids is 1. The first-order valence-electron chi connectivity index (χ1n) is 8.93. The van der Waals surface area contributed by atoms with Crippen molar-refractivity contribution in [3.05, 3.63) is 48.0 Å². The Kier molecular flexibility index (Phi) is 4.65. The van der Waals surface area contributed by atoms with Crippen molar-refractivity contribution in [3.63, 3.8) is 0 Å². The molecule has 1 heterocycles. The molecule has 0 aliphatic carbocycles. The summed E-state index contributed by atoms with van der Waals surface area (Å²) in [5.74, 6) is -0.978. The van der Waals surface area contributed by atoms with E-state index in [0.29, 0.717) is 19.4 Å². The van der Waals surface area contributed by atoms with Gasteiger partial charge in [-0.1, -0.05) is 42.5 Å². The molecule has 1 aliphatic rings. The average Bonchev–Trinajstić information content (AvgIpc) is 2.98. The number of ether oxygens (including phenoxy) is 1. The number of carbonyl (C=O) groups is 2. The number of likely N-dealkylation sites (tertiary alicyclic amines) is 1. The van der Waals surface area contributed by atoms with Gasteiger partial charge in [0.2, 0.25) is 0 Å². The second-order valence-corrected chi connectivity index (χ2v) is 7.93. The minimum absolute atomic E-state index is 0.270. The van der Waals surface area contributed by atoms with Crippen LogP contribution in [0, 0.1) is 0 Å². The number of hydrogen-bond donors (Lipinski definition) is 1. The van der Waals surface area contributed by atoms with Crippen LogP contribution in [-0.4, -0.2) is 39.8 Å². The van der Waals surface area contributed by atoms with Gasteiger partial charge in [0.1, 0.15) is 11.1 Å². The number of amides is 1. The molecule has 0 saturated carbocycles. The molecule has 5 nitrogen and oxygen atoms in total. The quantitative estimate of drug-likeness (QED) is 0.894. The molecular weight excluding hydrogens is 330 g/mol. The van der Waals surface area contributed by atoms with E-state index in [1.807, 2.05) is 42.5 Å². The van der Waals surface area contributed by atoms with Crippen LogP contribution >= 0.6 is 0 Å². The van der Waals surface area contributed by atoms with Gasteiger partial charge in [-0.3, -0.25) is 4.90 Å². The monoisotopic (exact) mass is 355 g/mol. The lowest BCUT2D eigenvalue weighted by molar-refractivity contribution is -0.149. The van der Waals surface area contributed by atoms with Crippen LogP contribution in [0.1, 0.15) is 39.2 Å². The van der Waals surface area contributed by atoms with Gasteiger partial charge in [-0.05, 0) is 49.9 Å². The molecule has 0 spiro atoms. The fourth-order valence-electron chi connectivity index (χ4n) is 3.63. The first-order chi connectivity index (χ1) is 12.2. The van der Waals surface area contributed by atoms with Crippen molar-refractivity contribution in [1.82, 2.24) is 4.90 Å². The normalized spacial score (nSPS) is 20.3. The molecule has 1 atom stereocenters. The van der Waals surface area contributed by atoms with Gasteiger partial charge in [-0.15, -0.1) is 0 Å². The molecule has 0 aromatic heterocycles. The van der Waals surface area contributed by atoms with E-state index in [-0.39, 0.29) is 6.42 Å².